The molecule has 0 heterocycles. The van der Waals surface area contributed by atoms with Crippen LogP contribution in [-0.2, 0) is 21.1 Å². The monoisotopic (exact) mass is 376 g/mol. The molecule has 1 rings (SSSR count). The van der Waals surface area contributed by atoms with E-state index in [1.165, 1.54) is 11.1 Å². The Morgan fingerprint density at radius 1 is 1.33 bits per heavy atom. The van der Waals surface area contributed by atoms with Crippen LogP contribution < -0.4 is 0 Å². The second kappa shape index (κ2) is 8.92. The van der Waals surface area contributed by atoms with Crippen molar-refractivity contribution in [2.75, 3.05) is 0 Å². The van der Waals surface area contributed by atoms with Crippen LogP contribution in [-0.4, -0.2) is 27.7 Å². The Morgan fingerprint density at radius 2 is 2.00 bits per heavy atom. The number of hydrogen-bond acceptors (Lipinski definition) is 3. The zero-order valence-corrected chi connectivity index (χ0v) is 15.6. The molecule has 24 heavy (non-hydrogen) atoms. The van der Waals surface area contributed by atoms with Crippen LogP contribution in [0.3, 0.4) is 0 Å². The maximum atomic E-state index is 11.1. The van der Waals surface area contributed by atoms with Crippen molar-refractivity contribution in [3.8, 4) is 0 Å². The number of benzene rings is 1. The van der Waals surface area contributed by atoms with Crippen LogP contribution in [0.5, 0.6) is 0 Å². The summed E-state index contributed by atoms with van der Waals surface area (Å²) in [5.74, 6) is 0. The summed E-state index contributed by atoms with van der Waals surface area (Å²) in [6.07, 6.45) is 4.22. The molecular formula is C16H25O6PS. The SMILES string of the molecule is C/C(=C\CCCC(P(=O)(O)O)S(=O)(=O)O)CCc1cccc(C)c1. The van der Waals surface area contributed by atoms with E-state index in [2.05, 4.69) is 12.1 Å². The molecule has 0 amide bonds. The van der Waals surface area contributed by atoms with E-state index in [0.717, 1.165) is 18.4 Å². The second-order valence-electron chi connectivity index (χ2n) is 6.03. The van der Waals surface area contributed by atoms with Crippen molar-refractivity contribution in [3.05, 3.63) is 47.0 Å². The highest BCUT2D eigenvalue weighted by Crippen LogP contribution is 2.46. The average molecular weight is 376 g/mol. The molecule has 0 bridgehead atoms. The first-order chi connectivity index (χ1) is 11.0. The summed E-state index contributed by atoms with van der Waals surface area (Å²) in [6.45, 7) is 4.01. The lowest BCUT2D eigenvalue weighted by Crippen LogP contribution is -2.20. The van der Waals surface area contributed by atoms with Gasteiger partial charge in [0, 0.05) is 0 Å². The van der Waals surface area contributed by atoms with E-state index in [1.807, 2.05) is 32.1 Å². The minimum atomic E-state index is -4.88. The molecule has 0 aliphatic rings. The molecule has 0 radical (unpaired) electrons. The largest absolute Gasteiger partial charge is 0.346 e. The van der Waals surface area contributed by atoms with Gasteiger partial charge in [-0.1, -0.05) is 41.5 Å². The quantitative estimate of drug-likeness (QED) is 0.263. The number of rotatable bonds is 9. The third-order valence-corrected chi connectivity index (χ3v) is 7.31. The van der Waals surface area contributed by atoms with Gasteiger partial charge in [-0.05, 0) is 51.5 Å². The van der Waals surface area contributed by atoms with Crippen LogP contribution in [0.1, 0.15) is 43.7 Å². The van der Waals surface area contributed by atoms with Gasteiger partial charge >= 0.3 is 7.60 Å². The fourth-order valence-corrected chi connectivity index (χ4v) is 4.81. The Balaban J connectivity index is 2.47. The van der Waals surface area contributed by atoms with Crippen molar-refractivity contribution in [1.82, 2.24) is 0 Å². The highest BCUT2D eigenvalue weighted by atomic mass is 32.2. The predicted octanol–water partition coefficient (Wildman–Crippen LogP) is 3.44. The zero-order chi connectivity index (χ0) is 18.4. The summed E-state index contributed by atoms with van der Waals surface area (Å²) >= 11 is 0. The molecule has 0 aliphatic carbocycles. The number of allylic oxidation sites excluding steroid dienone is 2. The minimum Gasteiger partial charge on any atom is -0.323 e. The van der Waals surface area contributed by atoms with Crippen molar-refractivity contribution < 1.29 is 27.3 Å². The van der Waals surface area contributed by atoms with E-state index in [4.69, 9.17) is 14.3 Å². The smallest absolute Gasteiger partial charge is 0.323 e. The summed E-state index contributed by atoms with van der Waals surface area (Å²) < 4.78 is 42.1. The fourth-order valence-electron chi connectivity index (χ4n) is 2.44. The maximum absolute atomic E-state index is 11.1. The number of hydrogen-bond donors (Lipinski definition) is 3. The highest BCUT2D eigenvalue weighted by Gasteiger charge is 2.38. The first-order valence-corrected chi connectivity index (χ1v) is 10.9. The fraction of sp³-hybridized carbons (Fsp3) is 0.500. The van der Waals surface area contributed by atoms with Crippen LogP contribution in [0.25, 0.3) is 0 Å². The minimum absolute atomic E-state index is 0.273. The molecule has 8 heteroatoms. The summed E-state index contributed by atoms with van der Waals surface area (Å²) in [5.41, 5.74) is 3.59. The molecule has 0 spiro atoms. The van der Waals surface area contributed by atoms with Gasteiger partial charge in [0.25, 0.3) is 10.1 Å². The van der Waals surface area contributed by atoms with Crippen molar-refractivity contribution in [1.29, 1.82) is 0 Å². The third-order valence-electron chi connectivity index (χ3n) is 3.76. The lowest BCUT2D eigenvalue weighted by atomic mass is 10.0. The van der Waals surface area contributed by atoms with Gasteiger partial charge in [0.1, 0.15) is 0 Å². The van der Waals surface area contributed by atoms with Gasteiger partial charge in [0.05, 0.1) is 0 Å². The van der Waals surface area contributed by atoms with Gasteiger partial charge in [-0.2, -0.15) is 8.42 Å². The molecule has 6 nitrogen and oxygen atoms in total. The van der Waals surface area contributed by atoms with Crippen molar-refractivity contribution in [3.63, 3.8) is 0 Å². The molecule has 0 fully saturated rings. The number of unbranched alkanes of at least 4 members (excludes halogenated alkanes) is 1. The standard InChI is InChI=1S/C16H25O6PS/c1-13(10-11-15-8-5-7-14(2)12-15)6-3-4-9-16(23(17,18)19)24(20,21)22/h5-8,12,16H,3-4,9-11H2,1-2H3,(H2,17,18,19)(H,20,21,22)/b13-6+. The van der Waals surface area contributed by atoms with E-state index in [-0.39, 0.29) is 12.8 Å². The molecule has 0 aromatic heterocycles. The highest BCUT2D eigenvalue weighted by molar-refractivity contribution is 7.93. The van der Waals surface area contributed by atoms with Crippen molar-refractivity contribution in [2.24, 2.45) is 0 Å². The van der Waals surface area contributed by atoms with E-state index in [9.17, 15) is 13.0 Å². The van der Waals surface area contributed by atoms with Gasteiger partial charge < -0.3 is 9.79 Å². The Morgan fingerprint density at radius 3 is 2.54 bits per heavy atom. The molecule has 3 N–H and O–H groups in total. The van der Waals surface area contributed by atoms with E-state index in [1.54, 1.807) is 0 Å². The van der Waals surface area contributed by atoms with Gasteiger partial charge in [0.15, 0.2) is 4.99 Å². The zero-order valence-electron chi connectivity index (χ0n) is 13.9. The van der Waals surface area contributed by atoms with E-state index in [0.29, 0.717) is 6.42 Å². The first-order valence-electron chi connectivity index (χ1n) is 7.73. The Bertz CT molecular complexity index is 720. The third kappa shape index (κ3) is 7.73. The normalized spacial score (nSPS) is 14.6. The summed E-state index contributed by atoms with van der Waals surface area (Å²) in [5, 5.41) is 0. The maximum Gasteiger partial charge on any atom is 0.346 e. The second-order valence-corrected chi connectivity index (χ2v) is 9.78. The van der Waals surface area contributed by atoms with E-state index < -0.39 is 22.7 Å². The molecule has 1 unspecified atom stereocenters. The van der Waals surface area contributed by atoms with Crippen LogP contribution in [0.4, 0.5) is 0 Å². The summed E-state index contributed by atoms with van der Waals surface area (Å²) in [4.78, 5) is 16.0. The molecule has 1 atom stereocenters. The Labute approximate surface area is 143 Å². The first kappa shape index (κ1) is 21.1. The van der Waals surface area contributed by atoms with Crippen LogP contribution in [0, 0.1) is 6.92 Å². The molecular weight excluding hydrogens is 351 g/mol. The van der Waals surface area contributed by atoms with Gasteiger partial charge in [-0.15, -0.1) is 0 Å². The molecule has 1 aromatic carbocycles. The van der Waals surface area contributed by atoms with Crippen molar-refractivity contribution >= 4 is 17.7 Å². The molecule has 0 saturated carbocycles. The molecule has 136 valence electrons. The number of aryl methyl sites for hydroxylation is 2. The van der Waals surface area contributed by atoms with E-state index >= 15 is 0 Å². The van der Waals surface area contributed by atoms with Gasteiger partial charge in [0.2, 0.25) is 0 Å². The van der Waals surface area contributed by atoms with Crippen LogP contribution in [0.15, 0.2) is 35.9 Å². The van der Waals surface area contributed by atoms with Gasteiger partial charge in [-0.25, -0.2) is 0 Å². The van der Waals surface area contributed by atoms with Crippen LogP contribution >= 0.6 is 7.60 Å². The predicted molar refractivity (Wildman–Crippen MR) is 94.5 cm³/mol. The molecule has 0 aliphatic heterocycles. The van der Waals surface area contributed by atoms with Crippen LogP contribution in [0.2, 0.25) is 0 Å². The molecule has 0 saturated heterocycles. The van der Waals surface area contributed by atoms with Crippen molar-refractivity contribution in [2.45, 2.75) is 50.9 Å². The van der Waals surface area contributed by atoms with Gasteiger partial charge in [-0.3, -0.25) is 9.12 Å². The topological polar surface area (TPSA) is 112 Å². The molecule has 1 aromatic rings. The average Bonchev–Trinajstić information content (AvgIpc) is 2.42. The lowest BCUT2D eigenvalue weighted by Gasteiger charge is -2.14. The Kier molecular flexibility index (Phi) is 7.83. The summed E-state index contributed by atoms with van der Waals surface area (Å²) in [6, 6.07) is 8.25. The summed E-state index contributed by atoms with van der Waals surface area (Å²) in [7, 11) is -9.63. The Hall–Kier alpha value is -0.980. The lowest BCUT2D eigenvalue weighted by molar-refractivity contribution is 0.360.